The minimum atomic E-state index is -0.483. The molecule has 1 saturated heterocycles. The number of carbonyl (C=O) groups is 1. The van der Waals surface area contributed by atoms with Crippen molar-refractivity contribution in [3.8, 4) is 0 Å². The highest BCUT2D eigenvalue weighted by atomic mass is 32.1. The van der Waals surface area contributed by atoms with Gasteiger partial charge in [-0.3, -0.25) is 10.3 Å². The molecule has 1 aromatic carbocycles. The van der Waals surface area contributed by atoms with Crippen LogP contribution in [-0.2, 0) is 9.57 Å². The van der Waals surface area contributed by atoms with Gasteiger partial charge in [-0.05, 0) is 45.8 Å². The summed E-state index contributed by atoms with van der Waals surface area (Å²) in [6.45, 7) is 6.95. The second-order valence-corrected chi connectivity index (χ2v) is 9.44. The number of likely N-dealkylation sites (tertiary alicyclic amines) is 1. The number of ether oxygens (including phenoxy) is 1. The lowest BCUT2D eigenvalue weighted by Crippen LogP contribution is -2.41. The first-order valence-electron chi connectivity index (χ1n) is 10.1. The van der Waals surface area contributed by atoms with E-state index in [2.05, 4.69) is 5.48 Å². The van der Waals surface area contributed by atoms with Crippen LogP contribution in [0.5, 0.6) is 0 Å². The monoisotopic (exact) mass is 431 g/mol. The highest BCUT2D eigenvalue weighted by Crippen LogP contribution is 2.34. The number of carbonyl (C=O) groups excluding carboxylic acids is 1. The average Bonchev–Trinajstić information content (AvgIpc) is 3.37. The molecule has 160 valence electrons. The summed E-state index contributed by atoms with van der Waals surface area (Å²) in [7, 11) is 0. The Labute approximate surface area is 179 Å². The van der Waals surface area contributed by atoms with Gasteiger partial charge < -0.3 is 9.64 Å². The van der Waals surface area contributed by atoms with E-state index >= 15 is 0 Å². The first-order chi connectivity index (χ1) is 14.3. The predicted octanol–water partition coefficient (Wildman–Crippen LogP) is 5.01. The Balaban J connectivity index is 1.38. The highest BCUT2D eigenvalue weighted by Gasteiger charge is 2.29. The number of nitrogens with one attached hydrogen (secondary N) is 1. The van der Waals surface area contributed by atoms with Crippen molar-refractivity contribution in [3.05, 3.63) is 57.8 Å². The maximum absolute atomic E-state index is 14.0. The molecular formula is C22H26FN3O3S. The predicted molar refractivity (Wildman–Crippen MR) is 113 cm³/mol. The molecule has 1 amide bonds. The van der Waals surface area contributed by atoms with E-state index in [0.29, 0.717) is 24.6 Å². The van der Waals surface area contributed by atoms with Gasteiger partial charge in [0, 0.05) is 30.0 Å². The smallest absolute Gasteiger partial charge is 0.410 e. The van der Waals surface area contributed by atoms with Crippen molar-refractivity contribution in [2.24, 2.45) is 0 Å². The van der Waals surface area contributed by atoms with E-state index < -0.39 is 11.7 Å². The van der Waals surface area contributed by atoms with Crippen LogP contribution >= 0.6 is 11.3 Å². The zero-order valence-corrected chi connectivity index (χ0v) is 18.2. The maximum Gasteiger partial charge on any atom is 0.410 e. The number of hydrogen-bond acceptors (Lipinski definition) is 6. The zero-order chi connectivity index (χ0) is 21.3. The van der Waals surface area contributed by atoms with Crippen molar-refractivity contribution >= 4 is 23.1 Å². The Morgan fingerprint density at radius 2 is 2.03 bits per heavy atom. The van der Waals surface area contributed by atoms with Gasteiger partial charge in [0.25, 0.3) is 0 Å². The van der Waals surface area contributed by atoms with E-state index in [1.807, 2.05) is 32.2 Å². The molecule has 0 radical (unpaired) electrons. The molecule has 2 aliphatic rings. The molecule has 4 rings (SSSR count). The molecular weight excluding hydrogens is 405 g/mol. The molecule has 8 heteroatoms. The van der Waals surface area contributed by atoms with Crippen molar-refractivity contribution in [1.82, 2.24) is 15.4 Å². The standard InChI is InChI=1S/C22H26FN3O3S/c1-22(2,3)28-21(27)26-10-8-14(9-11-26)20-24-18(13-30-20)17-12-19(29-25-17)15-6-4-5-7-16(15)23/h4-7,12-14,19,25H,8-11H2,1-3H3. The first kappa shape index (κ1) is 20.8. The molecule has 0 bridgehead atoms. The lowest BCUT2D eigenvalue weighted by Gasteiger charge is -2.32. The lowest BCUT2D eigenvalue weighted by atomic mass is 9.98. The summed E-state index contributed by atoms with van der Waals surface area (Å²) in [4.78, 5) is 24.3. The lowest BCUT2D eigenvalue weighted by molar-refractivity contribution is 0.0204. The molecule has 6 nitrogen and oxygen atoms in total. The van der Waals surface area contributed by atoms with E-state index in [-0.39, 0.29) is 11.9 Å². The van der Waals surface area contributed by atoms with Gasteiger partial charge in [-0.2, -0.15) is 0 Å². The van der Waals surface area contributed by atoms with Crippen LogP contribution in [0, 0.1) is 5.82 Å². The molecule has 1 aromatic heterocycles. The van der Waals surface area contributed by atoms with Crippen molar-refractivity contribution in [1.29, 1.82) is 0 Å². The Morgan fingerprint density at radius 1 is 1.30 bits per heavy atom. The summed E-state index contributed by atoms with van der Waals surface area (Å²) < 4.78 is 19.5. The Bertz CT molecular complexity index is 945. The van der Waals surface area contributed by atoms with Gasteiger partial charge in [0.2, 0.25) is 0 Å². The fraction of sp³-hybridized carbons (Fsp3) is 0.455. The van der Waals surface area contributed by atoms with E-state index in [1.54, 1.807) is 34.4 Å². The second-order valence-electron chi connectivity index (χ2n) is 8.56. The van der Waals surface area contributed by atoms with Gasteiger partial charge in [0.05, 0.1) is 16.4 Å². The number of halogens is 1. The van der Waals surface area contributed by atoms with Crippen molar-refractivity contribution in [3.63, 3.8) is 0 Å². The molecule has 1 fully saturated rings. The van der Waals surface area contributed by atoms with Gasteiger partial charge in [0.1, 0.15) is 17.5 Å². The second kappa shape index (κ2) is 8.35. The molecule has 2 aromatic rings. The largest absolute Gasteiger partial charge is 0.444 e. The van der Waals surface area contributed by atoms with Crippen LogP contribution in [0.1, 0.15) is 61.9 Å². The molecule has 3 heterocycles. The fourth-order valence-corrected chi connectivity index (χ4v) is 4.57. The van der Waals surface area contributed by atoms with Crippen LogP contribution in [0.2, 0.25) is 0 Å². The van der Waals surface area contributed by atoms with Crippen molar-refractivity contribution in [2.45, 2.75) is 51.2 Å². The number of amides is 1. The summed E-state index contributed by atoms with van der Waals surface area (Å²) >= 11 is 1.61. The SMILES string of the molecule is CC(C)(C)OC(=O)N1CCC(c2nc(C3=CC(c4ccccc4F)ON3)cs2)CC1. The minimum absolute atomic E-state index is 0.252. The van der Waals surface area contributed by atoms with Crippen molar-refractivity contribution < 1.29 is 18.8 Å². The third-order valence-electron chi connectivity index (χ3n) is 5.12. The molecule has 1 N–H and O–H groups in total. The van der Waals surface area contributed by atoms with Crippen LogP contribution < -0.4 is 5.48 Å². The number of piperidine rings is 1. The molecule has 0 spiro atoms. The number of benzene rings is 1. The summed E-state index contributed by atoms with van der Waals surface area (Å²) in [6, 6.07) is 6.59. The summed E-state index contributed by atoms with van der Waals surface area (Å²) in [5, 5.41) is 3.03. The van der Waals surface area contributed by atoms with E-state index in [4.69, 9.17) is 14.6 Å². The number of rotatable bonds is 3. The summed E-state index contributed by atoms with van der Waals surface area (Å²) in [5.74, 6) is 0.0187. The highest BCUT2D eigenvalue weighted by molar-refractivity contribution is 7.09. The zero-order valence-electron chi connectivity index (χ0n) is 17.4. The minimum Gasteiger partial charge on any atom is -0.444 e. The van der Waals surface area contributed by atoms with E-state index in [0.717, 1.165) is 29.2 Å². The Morgan fingerprint density at radius 3 is 2.73 bits per heavy atom. The Hall–Kier alpha value is -2.45. The van der Waals surface area contributed by atoms with Crippen LogP contribution in [0.4, 0.5) is 9.18 Å². The van der Waals surface area contributed by atoms with Gasteiger partial charge in [0.15, 0.2) is 0 Å². The molecule has 30 heavy (non-hydrogen) atoms. The number of hydroxylamine groups is 1. The molecule has 1 atom stereocenters. The quantitative estimate of drug-likeness (QED) is 0.740. The number of hydrogen-bond donors (Lipinski definition) is 1. The molecule has 2 aliphatic heterocycles. The van der Waals surface area contributed by atoms with Gasteiger partial charge in [-0.1, -0.05) is 18.2 Å². The van der Waals surface area contributed by atoms with Crippen LogP contribution in [0.15, 0.2) is 35.7 Å². The van der Waals surface area contributed by atoms with E-state index in [9.17, 15) is 9.18 Å². The summed E-state index contributed by atoms with van der Waals surface area (Å²) in [5.41, 5.74) is 4.43. The fourth-order valence-electron chi connectivity index (χ4n) is 3.58. The van der Waals surface area contributed by atoms with E-state index in [1.165, 1.54) is 6.07 Å². The molecule has 0 aliphatic carbocycles. The third-order valence-corrected chi connectivity index (χ3v) is 6.13. The van der Waals surface area contributed by atoms with Gasteiger partial charge >= 0.3 is 6.09 Å². The van der Waals surface area contributed by atoms with Crippen LogP contribution in [-0.4, -0.2) is 34.7 Å². The topological polar surface area (TPSA) is 63.7 Å². The maximum atomic E-state index is 14.0. The van der Waals surface area contributed by atoms with Crippen molar-refractivity contribution in [2.75, 3.05) is 13.1 Å². The molecule has 0 saturated carbocycles. The van der Waals surface area contributed by atoms with Gasteiger partial charge in [-0.15, -0.1) is 11.3 Å². The number of thiazole rings is 1. The third kappa shape index (κ3) is 4.65. The first-order valence-corrected chi connectivity index (χ1v) is 11.0. The number of aromatic nitrogens is 1. The van der Waals surface area contributed by atoms with Gasteiger partial charge in [-0.25, -0.2) is 14.2 Å². The molecule has 1 unspecified atom stereocenters. The number of nitrogens with zero attached hydrogens (tertiary/aromatic N) is 2. The van der Waals surface area contributed by atoms with Crippen LogP contribution in [0.3, 0.4) is 0 Å². The Kier molecular flexibility index (Phi) is 5.79. The average molecular weight is 432 g/mol. The van der Waals surface area contributed by atoms with Crippen LogP contribution in [0.25, 0.3) is 5.70 Å². The summed E-state index contributed by atoms with van der Waals surface area (Å²) in [6.07, 6.45) is 2.82. The normalized spacial score (nSPS) is 20.1.